The molecule has 78 valence electrons. The van der Waals surface area contributed by atoms with Crippen LogP contribution in [0.25, 0.3) is 0 Å². The first-order chi connectivity index (χ1) is 7.25. The minimum Gasteiger partial charge on any atom is -0.376 e. The number of aromatic nitrogens is 1. The van der Waals surface area contributed by atoms with Crippen molar-refractivity contribution in [2.75, 3.05) is 5.32 Å². The van der Waals surface area contributed by atoms with Gasteiger partial charge in [0.1, 0.15) is 10.8 Å². The topological polar surface area (TPSA) is 24.9 Å². The summed E-state index contributed by atoms with van der Waals surface area (Å²) in [6.07, 6.45) is 1.74. The van der Waals surface area contributed by atoms with Crippen molar-refractivity contribution < 1.29 is 4.39 Å². The minimum atomic E-state index is -0.263. The Morgan fingerprint density at radius 2 is 2.33 bits per heavy atom. The van der Waals surface area contributed by atoms with Gasteiger partial charge in [-0.25, -0.2) is 9.37 Å². The predicted octanol–water partition coefficient (Wildman–Crippen LogP) is 3.66. The molecule has 1 aromatic carbocycles. The van der Waals surface area contributed by atoms with Crippen LogP contribution in [0.1, 0.15) is 5.01 Å². The monoisotopic (exact) mass is 286 g/mol. The molecule has 2 aromatic rings. The number of nitrogens with one attached hydrogen (secondary N) is 1. The van der Waals surface area contributed by atoms with Gasteiger partial charge in [-0.3, -0.25) is 0 Å². The molecule has 0 aliphatic carbocycles. The molecule has 0 radical (unpaired) electrons. The molecular formula is C10H8BrFN2S. The lowest BCUT2D eigenvalue weighted by Crippen LogP contribution is -2.00. The summed E-state index contributed by atoms with van der Waals surface area (Å²) in [6, 6.07) is 4.93. The molecule has 0 fully saturated rings. The SMILES string of the molecule is Fc1cc(Br)ccc1NCc1nccs1. The second-order valence-electron chi connectivity index (χ2n) is 2.90. The molecule has 1 N–H and O–H groups in total. The molecule has 2 nitrogen and oxygen atoms in total. The maximum absolute atomic E-state index is 13.4. The number of nitrogens with zero attached hydrogens (tertiary/aromatic N) is 1. The fraction of sp³-hybridized carbons (Fsp3) is 0.100. The van der Waals surface area contributed by atoms with E-state index in [1.165, 1.54) is 6.07 Å². The van der Waals surface area contributed by atoms with Crippen molar-refractivity contribution in [2.45, 2.75) is 6.54 Å². The van der Waals surface area contributed by atoms with Crippen LogP contribution >= 0.6 is 27.3 Å². The van der Waals surface area contributed by atoms with Gasteiger partial charge in [-0.15, -0.1) is 11.3 Å². The third-order valence-electron chi connectivity index (χ3n) is 1.84. The molecule has 15 heavy (non-hydrogen) atoms. The summed E-state index contributed by atoms with van der Waals surface area (Å²) in [6.45, 7) is 0.552. The van der Waals surface area contributed by atoms with Gasteiger partial charge >= 0.3 is 0 Å². The lowest BCUT2D eigenvalue weighted by molar-refractivity contribution is 0.629. The van der Waals surface area contributed by atoms with E-state index in [0.717, 1.165) is 9.48 Å². The molecule has 0 unspecified atom stereocenters. The molecule has 1 heterocycles. The Morgan fingerprint density at radius 3 is 3.00 bits per heavy atom. The fourth-order valence-electron chi connectivity index (χ4n) is 1.14. The number of hydrogen-bond donors (Lipinski definition) is 1. The first-order valence-electron chi connectivity index (χ1n) is 4.33. The first-order valence-corrected chi connectivity index (χ1v) is 6.00. The van der Waals surface area contributed by atoms with Crippen LogP contribution < -0.4 is 5.32 Å². The van der Waals surface area contributed by atoms with E-state index in [4.69, 9.17) is 0 Å². The number of anilines is 1. The summed E-state index contributed by atoms with van der Waals surface area (Å²) in [4.78, 5) is 4.10. The molecule has 0 amide bonds. The summed E-state index contributed by atoms with van der Waals surface area (Å²) in [7, 11) is 0. The molecule has 2 rings (SSSR count). The van der Waals surface area contributed by atoms with Crippen molar-refractivity contribution in [1.29, 1.82) is 0 Å². The van der Waals surface area contributed by atoms with Gasteiger partial charge in [-0.1, -0.05) is 15.9 Å². The van der Waals surface area contributed by atoms with Crippen molar-refractivity contribution in [3.63, 3.8) is 0 Å². The van der Waals surface area contributed by atoms with E-state index in [9.17, 15) is 4.39 Å². The molecule has 5 heteroatoms. The zero-order valence-corrected chi connectivity index (χ0v) is 10.1. The molecule has 0 atom stereocenters. The van der Waals surface area contributed by atoms with Crippen LogP contribution in [0.3, 0.4) is 0 Å². The van der Waals surface area contributed by atoms with E-state index in [1.54, 1.807) is 29.7 Å². The van der Waals surface area contributed by atoms with Gasteiger partial charge in [0.15, 0.2) is 0 Å². The lowest BCUT2D eigenvalue weighted by Gasteiger charge is -2.05. The number of thiazole rings is 1. The Hall–Kier alpha value is -0.940. The highest BCUT2D eigenvalue weighted by Gasteiger charge is 2.02. The van der Waals surface area contributed by atoms with Crippen molar-refractivity contribution in [1.82, 2.24) is 4.98 Å². The van der Waals surface area contributed by atoms with Crippen LogP contribution in [-0.4, -0.2) is 4.98 Å². The third-order valence-corrected chi connectivity index (χ3v) is 3.12. The lowest BCUT2D eigenvalue weighted by atomic mass is 10.3. The second kappa shape index (κ2) is 4.72. The van der Waals surface area contributed by atoms with Crippen LogP contribution in [0.5, 0.6) is 0 Å². The van der Waals surface area contributed by atoms with Gasteiger partial charge in [0, 0.05) is 16.0 Å². The van der Waals surface area contributed by atoms with Crippen LogP contribution in [0, 0.1) is 5.82 Å². The maximum Gasteiger partial charge on any atom is 0.147 e. The van der Waals surface area contributed by atoms with Gasteiger partial charge in [0.25, 0.3) is 0 Å². The average Bonchev–Trinajstić information content (AvgIpc) is 2.69. The minimum absolute atomic E-state index is 0.263. The second-order valence-corrected chi connectivity index (χ2v) is 4.80. The zero-order chi connectivity index (χ0) is 10.7. The molecule has 1 aromatic heterocycles. The predicted molar refractivity (Wildman–Crippen MR) is 63.5 cm³/mol. The zero-order valence-electron chi connectivity index (χ0n) is 7.71. The van der Waals surface area contributed by atoms with E-state index in [-0.39, 0.29) is 5.82 Å². The molecule has 0 saturated heterocycles. The maximum atomic E-state index is 13.4. The van der Waals surface area contributed by atoms with Crippen LogP contribution in [-0.2, 0) is 6.54 Å². The first kappa shape index (κ1) is 10.6. The third kappa shape index (κ3) is 2.76. The normalized spacial score (nSPS) is 10.3. The highest BCUT2D eigenvalue weighted by atomic mass is 79.9. The highest BCUT2D eigenvalue weighted by Crippen LogP contribution is 2.20. The van der Waals surface area contributed by atoms with E-state index in [2.05, 4.69) is 26.2 Å². The average molecular weight is 287 g/mol. The van der Waals surface area contributed by atoms with Gasteiger partial charge in [0.05, 0.1) is 12.2 Å². The summed E-state index contributed by atoms with van der Waals surface area (Å²) in [5.74, 6) is -0.263. The largest absolute Gasteiger partial charge is 0.376 e. The molecule has 0 aliphatic heterocycles. The Morgan fingerprint density at radius 1 is 1.47 bits per heavy atom. The van der Waals surface area contributed by atoms with Gasteiger partial charge < -0.3 is 5.32 Å². The quantitative estimate of drug-likeness (QED) is 0.932. The van der Waals surface area contributed by atoms with Crippen molar-refractivity contribution >= 4 is 33.0 Å². The summed E-state index contributed by atoms with van der Waals surface area (Å²) >= 11 is 4.75. The molecular weight excluding hydrogens is 279 g/mol. The Balaban J connectivity index is 2.05. The molecule has 0 saturated carbocycles. The van der Waals surface area contributed by atoms with Gasteiger partial charge in [-0.2, -0.15) is 0 Å². The number of hydrogen-bond acceptors (Lipinski definition) is 3. The van der Waals surface area contributed by atoms with Gasteiger partial charge in [-0.05, 0) is 18.2 Å². The number of halogens is 2. The molecule has 0 aliphatic rings. The fourth-order valence-corrected chi connectivity index (χ4v) is 2.03. The van der Waals surface area contributed by atoms with Crippen LogP contribution in [0.4, 0.5) is 10.1 Å². The van der Waals surface area contributed by atoms with Crippen molar-refractivity contribution in [3.8, 4) is 0 Å². The smallest absolute Gasteiger partial charge is 0.147 e. The standard InChI is InChI=1S/C10H8BrFN2S/c11-7-1-2-9(8(12)5-7)14-6-10-13-3-4-15-10/h1-5,14H,6H2. The number of benzene rings is 1. The van der Waals surface area contributed by atoms with Crippen molar-refractivity contribution in [3.05, 3.63) is 45.1 Å². The van der Waals surface area contributed by atoms with E-state index >= 15 is 0 Å². The summed E-state index contributed by atoms with van der Waals surface area (Å²) in [5.41, 5.74) is 0.494. The van der Waals surface area contributed by atoms with Crippen LogP contribution in [0.15, 0.2) is 34.2 Å². The van der Waals surface area contributed by atoms with E-state index in [1.807, 2.05) is 5.38 Å². The van der Waals surface area contributed by atoms with Crippen molar-refractivity contribution in [2.24, 2.45) is 0 Å². The molecule has 0 bridgehead atoms. The Kier molecular flexibility index (Phi) is 3.33. The van der Waals surface area contributed by atoms with Gasteiger partial charge in [0.2, 0.25) is 0 Å². The summed E-state index contributed by atoms with van der Waals surface area (Å²) in [5, 5.41) is 5.83. The molecule has 0 spiro atoms. The van der Waals surface area contributed by atoms with Crippen LogP contribution in [0.2, 0.25) is 0 Å². The Bertz CT molecular complexity index is 445. The number of rotatable bonds is 3. The Labute approximate surface area is 99.3 Å². The van der Waals surface area contributed by atoms with E-state index < -0.39 is 0 Å². The summed E-state index contributed by atoms with van der Waals surface area (Å²) < 4.78 is 14.1. The highest BCUT2D eigenvalue weighted by molar-refractivity contribution is 9.10. The van der Waals surface area contributed by atoms with E-state index in [0.29, 0.717) is 12.2 Å².